The van der Waals surface area contributed by atoms with Gasteiger partial charge in [0.25, 0.3) is 0 Å². The zero-order valence-electron chi connectivity index (χ0n) is 25.5. The molecule has 0 fully saturated rings. The number of rotatable bonds is 18. The minimum absolute atomic E-state index is 0.125. The molecule has 0 saturated heterocycles. The van der Waals surface area contributed by atoms with Crippen LogP contribution in [0.25, 0.3) is 0 Å². The van der Waals surface area contributed by atoms with Crippen LogP contribution in [0.1, 0.15) is 92.6 Å². The first kappa shape index (κ1) is 35.1. The fourth-order valence-electron chi connectivity index (χ4n) is 3.84. The molecule has 0 heterocycles. The Hall–Kier alpha value is -2.94. The normalized spacial score (nSPS) is 13.4. The minimum Gasteiger partial charge on any atom is -0.468 e. The molecule has 1 aromatic carbocycles. The van der Waals surface area contributed by atoms with Gasteiger partial charge in [-0.05, 0) is 62.1 Å². The molecule has 1 N–H and O–H groups in total. The van der Waals surface area contributed by atoms with Crippen molar-refractivity contribution < 1.29 is 38.1 Å². The maximum absolute atomic E-state index is 12.5. The third kappa shape index (κ3) is 13.9. The Balaban J connectivity index is 3.04. The summed E-state index contributed by atoms with van der Waals surface area (Å²) in [7, 11) is 1.30. The smallest absolute Gasteiger partial charge is 0.323 e. The number of methoxy groups -OCH3 is 1. The van der Waals surface area contributed by atoms with Crippen molar-refractivity contribution in [2.75, 3.05) is 13.7 Å². The molecule has 0 aromatic heterocycles. The second-order valence-electron chi connectivity index (χ2n) is 11.2. The highest BCUT2D eigenvalue weighted by atomic mass is 16.6. The van der Waals surface area contributed by atoms with Gasteiger partial charge in [-0.3, -0.25) is 19.2 Å². The van der Waals surface area contributed by atoms with Crippen molar-refractivity contribution in [2.24, 2.45) is 17.8 Å². The van der Waals surface area contributed by atoms with Gasteiger partial charge in [-0.25, -0.2) is 0 Å². The zero-order valence-corrected chi connectivity index (χ0v) is 25.5. The summed E-state index contributed by atoms with van der Waals surface area (Å²) in [5.74, 6) is -0.839. The van der Waals surface area contributed by atoms with Gasteiger partial charge in [0.05, 0.1) is 13.0 Å². The molecule has 0 aliphatic rings. The van der Waals surface area contributed by atoms with Crippen molar-refractivity contribution in [1.82, 2.24) is 5.32 Å². The largest absolute Gasteiger partial charge is 0.468 e. The third-order valence-corrected chi connectivity index (χ3v) is 6.33. The summed E-state index contributed by atoms with van der Waals surface area (Å²) >= 11 is 0. The molecule has 0 aliphatic carbocycles. The molecule has 3 atom stereocenters. The number of hydrogen-bond acceptors (Lipinski definition) is 9. The molecule has 1 rings (SSSR count). The van der Waals surface area contributed by atoms with Crippen LogP contribution < -0.4 is 14.8 Å². The number of hydrogen-bond donors (Lipinski definition) is 1. The van der Waals surface area contributed by atoms with E-state index < -0.39 is 30.1 Å². The molecular weight excluding hydrogens is 514 g/mol. The second kappa shape index (κ2) is 18.4. The monoisotopic (exact) mass is 563 g/mol. The zero-order chi connectivity index (χ0) is 30.2. The predicted molar refractivity (Wildman–Crippen MR) is 153 cm³/mol. The van der Waals surface area contributed by atoms with Crippen LogP contribution in [-0.4, -0.2) is 49.7 Å². The molecule has 2 unspecified atom stereocenters. The second-order valence-corrected chi connectivity index (χ2v) is 11.2. The molecule has 9 heteroatoms. The van der Waals surface area contributed by atoms with Crippen molar-refractivity contribution in [1.29, 1.82) is 0 Å². The van der Waals surface area contributed by atoms with Gasteiger partial charge in [-0.2, -0.15) is 0 Å². The summed E-state index contributed by atoms with van der Waals surface area (Å²) in [4.78, 5) is 49.7. The first-order valence-electron chi connectivity index (χ1n) is 14.4. The van der Waals surface area contributed by atoms with Crippen molar-refractivity contribution in [2.45, 2.75) is 106 Å². The van der Waals surface area contributed by atoms with Crippen LogP contribution in [0.3, 0.4) is 0 Å². The van der Waals surface area contributed by atoms with Gasteiger partial charge in [0.1, 0.15) is 12.1 Å². The fourth-order valence-corrected chi connectivity index (χ4v) is 3.84. The Labute approximate surface area is 239 Å². The average molecular weight is 564 g/mol. The number of nitrogens with one attached hydrogen (secondary N) is 1. The van der Waals surface area contributed by atoms with Crippen LogP contribution in [-0.2, 0) is 35.1 Å². The molecule has 0 saturated carbocycles. The van der Waals surface area contributed by atoms with E-state index in [1.807, 2.05) is 41.5 Å². The van der Waals surface area contributed by atoms with Gasteiger partial charge in [0.2, 0.25) is 0 Å². The van der Waals surface area contributed by atoms with Crippen molar-refractivity contribution in [3.63, 3.8) is 0 Å². The molecule has 40 heavy (non-hydrogen) atoms. The van der Waals surface area contributed by atoms with E-state index >= 15 is 0 Å². The summed E-state index contributed by atoms with van der Waals surface area (Å²) in [6.45, 7) is 13.9. The SMILES string of the molecule is CCCC(C)C(=O)OC(C)CN[C@@H](Cc1ccc(OC(=O)CCC(C)C)c(OC(=O)CCC(C)C)c1)C(=O)OC. The van der Waals surface area contributed by atoms with E-state index in [-0.39, 0.29) is 49.2 Å². The van der Waals surface area contributed by atoms with Crippen LogP contribution in [0.2, 0.25) is 0 Å². The highest BCUT2D eigenvalue weighted by Crippen LogP contribution is 2.30. The number of esters is 4. The summed E-state index contributed by atoms with van der Waals surface area (Å²) < 4.78 is 21.6. The fraction of sp³-hybridized carbons (Fsp3) is 0.677. The minimum atomic E-state index is -0.747. The quantitative estimate of drug-likeness (QED) is 0.185. The lowest BCUT2D eigenvalue weighted by atomic mass is 10.0. The van der Waals surface area contributed by atoms with E-state index in [1.165, 1.54) is 7.11 Å². The van der Waals surface area contributed by atoms with Gasteiger partial charge < -0.3 is 24.3 Å². The number of ether oxygens (including phenoxy) is 4. The summed E-state index contributed by atoms with van der Waals surface area (Å²) in [5.41, 5.74) is 0.665. The Kier molecular flexibility index (Phi) is 16.2. The maximum Gasteiger partial charge on any atom is 0.323 e. The highest BCUT2D eigenvalue weighted by molar-refractivity contribution is 5.77. The Morgan fingerprint density at radius 3 is 1.90 bits per heavy atom. The van der Waals surface area contributed by atoms with Crippen LogP contribution in [0.4, 0.5) is 0 Å². The van der Waals surface area contributed by atoms with Gasteiger partial charge in [-0.15, -0.1) is 0 Å². The molecule has 0 bridgehead atoms. The lowest BCUT2D eigenvalue weighted by Crippen LogP contribution is -2.43. The molecule has 0 aliphatic heterocycles. The van der Waals surface area contributed by atoms with Crippen LogP contribution in [0.15, 0.2) is 18.2 Å². The maximum atomic E-state index is 12.5. The van der Waals surface area contributed by atoms with E-state index in [0.29, 0.717) is 30.2 Å². The third-order valence-electron chi connectivity index (χ3n) is 6.33. The van der Waals surface area contributed by atoms with Crippen molar-refractivity contribution in [3.8, 4) is 11.5 Å². The average Bonchev–Trinajstić information content (AvgIpc) is 2.89. The Morgan fingerprint density at radius 1 is 0.800 bits per heavy atom. The van der Waals surface area contributed by atoms with Crippen molar-refractivity contribution in [3.05, 3.63) is 23.8 Å². The predicted octanol–water partition coefficient (Wildman–Crippen LogP) is 5.41. The molecule has 0 spiro atoms. The topological polar surface area (TPSA) is 117 Å². The van der Waals surface area contributed by atoms with E-state index in [0.717, 1.165) is 12.8 Å². The van der Waals surface area contributed by atoms with Crippen LogP contribution in [0, 0.1) is 17.8 Å². The van der Waals surface area contributed by atoms with E-state index in [2.05, 4.69) is 5.32 Å². The first-order chi connectivity index (χ1) is 18.9. The molecule has 9 nitrogen and oxygen atoms in total. The van der Waals surface area contributed by atoms with E-state index in [1.54, 1.807) is 25.1 Å². The van der Waals surface area contributed by atoms with Crippen LogP contribution >= 0.6 is 0 Å². The van der Waals surface area contributed by atoms with Gasteiger partial charge in [-0.1, -0.05) is 54.0 Å². The van der Waals surface area contributed by atoms with E-state index in [4.69, 9.17) is 18.9 Å². The van der Waals surface area contributed by atoms with Gasteiger partial charge in [0.15, 0.2) is 11.5 Å². The van der Waals surface area contributed by atoms with E-state index in [9.17, 15) is 19.2 Å². The Morgan fingerprint density at radius 2 is 1.38 bits per heavy atom. The summed E-state index contributed by atoms with van der Waals surface area (Å²) in [6.07, 6.45) is 3.20. The number of carbonyl (C=O) groups is 4. The number of benzene rings is 1. The van der Waals surface area contributed by atoms with Crippen molar-refractivity contribution >= 4 is 23.9 Å². The lowest BCUT2D eigenvalue weighted by molar-refractivity contribution is -0.152. The summed E-state index contributed by atoms with van der Waals surface area (Å²) in [6, 6.07) is 4.14. The first-order valence-corrected chi connectivity index (χ1v) is 14.4. The molecular formula is C31H49NO8. The Bertz CT molecular complexity index is 959. The molecule has 226 valence electrons. The number of carbonyl (C=O) groups excluding carboxylic acids is 4. The lowest BCUT2D eigenvalue weighted by Gasteiger charge is -2.21. The molecule has 0 amide bonds. The molecule has 1 aromatic rings. The van der Waals surface area contributed by atoms with Crippen LogP contribution in [0.5, 0.6) is 11.5 Å². The van der Waals surface area contributed by atoms with Gasteiger partial charge in [0, 0.05) is 19.4 Å². The molecule has 0 radical (unpaired) electrons. The standard InChI is InChI=1S/C31H49NO8/c1-9-10-22(6)30(35)38-23(7)19-32-25(31(36)37-8)17-24-13-14-26(39-28(33)15-11-20(2)3)27(18-24)40-29(34)16-12-21(4)5/h13-14,18,20-23,25,32H,9-12,15-17,19H2,1-8H3/t22?,23?,25-/m0/s1. The highest BCUT2D eigenvalue weighted by Gasteiger charge is 2.24. The van der Waals surface area contributed by atoms with Gasteiger partial charge >= 0.3 is 23.9 Å². The summed E-state index contributed by atoms with van der Waals surface area (Å²) in [5, 5.41) is 3.12.